The van der Waals surface area contributed by atoms with Gasteiger partial charge >= 0.3 is 5.97 Å². The zero-order valence-corrected chi connectivity index (χ0v) is 12.2. The molecule has 0 aliphatic carbocycles. The first-order valence-electron chi connectivity index (χ1n) is 6.46. The maximum absolute atomic E-state index is 12.1. The van der Waals surface area contributed by atoms with Gasteiger partial charge in [-0.2, -0.15) is 0 Å². The molecule has 7 heteroatoms. The van der Waals surface area contributed by atoms with Crippen LogP contribution in [0.4, 0.5) is 0 Å². The van der Waals surface area contributed by atoms with E-state index >= 15 is 0 Å². The van der Waals surface area contributed by atoms with Gasteiger partial charge in [-0.05, 0) is 25.0 Å². The van der Waals surface area contributed by atoms with Crippen LogP contribution in [0.15, 0.2) is 18.3 Å². The van der Waals surface area contributed by atoms with Crippen molar-refractivity contribution >= 4 is 17.8 Å². The maximum Gasteiger partial charge on any atom is 0.305 e. The summed E-state index contributed by atoms with van der Waals surface area (Å²) in [6.45, 7) is 5.32. The van der Waals surface area contributed by atoms with Crippen LogP contribution < -0.4 is 11.1 Å². The van der Waals surface area contributed by atoms with E-state index in [0.29, 0.717) is 0 Å². The first-order chi connectivity index (χ1) is 9.65. The molecule has 0 aliphatic heterocycles. The Balaban J connectivity index is 2.92. The minimum Gasteiger partial charge on any atom is -0.481 e. The fourth-order valence-electron chi connectivity index (χ4n) is 1.70. The third-order valence-electron chi connectivity index (χ3n) is 3.47. The molecule has 0 saturated heterocycles. The highest BCUT2D eigenvalue weighted by molar-refractivity contribution is 5.95. The number of carboxylic acids is 1. The Labute approximate surface area is 122 Å². The number of nitrogens with one attached hydrogen (secondary N) is 1. The molecule has 1 aromatic rings. The summed E-state index contributed by atoms with van der Waals surface area (Å²) in [5, 5.41) is 11.7. The van der Waals surface area contributed by atoms with Crippen molar-refractivity contribution < 1.29 is 19.5 Å². The molecular formula is C14H19N3O4. The van der Waals surface area contributed by atoms with Crippen molar-refractivity contribution in [1.29, 1.82) is 0 Å². The fraction of sp³-hybridized carbons (Fsp3) is 0.429. The van der Waals surface area contributed by atoms with Gasteiger partial charge in [0.2, 0.25) is 5.91 Å². The first-order valence-corrected chi connectivity index (χ1v) is 6.46. The van der Waals surface area contributed by atoms with Gasteiger partial charge in [-0.15, -0.1) is 0 Å². The van der Waals surface area contributed by atoms with Crippen molar-refractivity contribution in [2.45, 2.75) is 32.7 Å². The predicted octanol–water partition coefficient (Wildman–Crippen LogP) is 0.800. The Morgan fingerprint density at radius 3 is 2.38 bits per heavy atom. The molecule has 0 bridgehead atoms. The fourth-order valence-corrected chi connectivity index (χ4v) is 1.70. The smallest absolute Gasteiger partial charge is 0.305 e. The minimum atomic E-state index is -0.997. The van der Waals surface area contributed by atoms with Crippen LogP contribution in [-0.4, -0.2) is 33.4 Å². The number of amides is 2. The van der Waals surface area contributed by atoms with Crippen molar-refractivity contribution in [3.8, 4) is 0 Å². The molecule has 0 aliphatic rings. The molecule has 1 aromatic heterocycles. The van der Waals surface area contributed by atoms with Crippen molar-refractivity contribution in [1.82, 2.24) is 10.3 Å². The van der Waals surface area contributed by atoms with Gasteiger partial charge in [-0.25, -0.2) is 0 Å². The lowest BCUT2D eigenvalue weighted by molar-refractivity contribution is -0.138. The lowest BCUT2D eigenvalue weighted by atomic mass is 9.85. The Kier molecular flexibility index (Phi) is 5.02. The maximum atomic E-state index is 12.1. The molecule has 0 saturated carbocycles. The first kappa shape index (κ1) is 16.6. The van der Waals surface area contributed by atoms with Crippen molar-refractivity contribution in [2.75, 3.05) is 0 Å². The van der Waals surface area contributed by atoms with E-state index in [2.05, 4.69) is 10.3 Å². The lowest BCUT2D eigenvalue weighted by Crippen LogP contribution is -2.51. The normalized spacial score (nSPS) is 13.5. The Morgan fingerprint density at radius 1 is 1.38 bits per heavy atom. The predicted molar refractivity (Wildman–Crippen MR) is 75.7 cm³/mol. The molecule has 1 rings (SSSR count). The van der Waals surface area contributed by atoms with Crippen molar-refractivity contribution in [3.05, 3.63) is 29.6 Å². The molecule has 1 atom stereocenters. The van der Waals surface area contributed by atoms with E-state index in [4.69, 9.17) is 10.8 Å². The van der Waals surface area contributed by atoms with Gasteiger partial charge in [-0.1, -0.05) is 13.8 Å². The lowest BCUT2D eigenvalue weighted by Gasteiger charge is -2.33. The van der Waals surface area contributed by atoms with E-state index in [1.54, 1.807) is 6.92 Å². The van der Waals surface area contributed by atoms with Crippen molar-refractivity contribution in [2.24, 2.45) is 11.7 Å². The molecule has 0 radical (unpaired) electrons. The van der Waals surface area contributed by atoms with Crippen LogP contribution in [0.3, 0.4) is 0 Å². The molecule has 0 fully saturated rings. The minimum absolute atomic E-state index is 0.0811. The molecule has 7 nitrogen and oxygen atoms in total. The second-order valence-corrected chi connectivity index (χ2v) is 5.39. The third-order valence-corrected chi connectivity index (χ3v) is 3.47. The second-order valence-electron chi connectivity index (χ2n) is 5.39. The number of carbonyl (C=O) groups excluding carboxylic acids is 2. The van der Waals surface area contributed by atoms with E-state index in [1.165, 1.54) is 18.3 Å². The Hall–Kier alpha value is -2.44. The number of pyridine rings is 1. The summed E-state index contributed by atoms with van der Waals surface area (Å²) in [5.74, 6) is -2.21. The van der Waals surface area contributed by atoms with E-state index in [1.807, 2.05) is 13.8 Å². The number of primary amides is 1. The largest absolute Gasteiger partial charge is 0.481 e. The number of rotatable bonds is 6. The quantitative estimate of drug-likeness (QED) is 0.716. The number of carboxylic acid groups (broad SMARTS) is 1. The SMILES string of the molecule is CC(C)C(C)(CC(=O)O)NC(=O)c1ccc(C(N)=O)cn1. The standard InChI is InChI=1S/C14H19N3O4/c1-8(2)14(3,6-11(18)19)17-13(21)10-5-4-9(7-16-10)12(15)20/h4-5,7-8H,6H2,1-3H3,(H2,15,20)(H,17,21)(H,18,19). The topological polar surface area (TPSA) is 122 Å². The zero-order chi connectivity index (χ0) is 16.2. The molecular weight excluding hydrogens is 274 g/mol. The number of nitrogens with two attached hydrogens (primary N) is 1. The van der Waals surface area contributed by atoms with E-state index in [-0.39, 0.29) is 23.6 Å². The summed E-state index contributed by atoms with van der Waals surface area (Å²) in [6, 6.07) is 2.77. The van der Waals surface area contributed by atoms with Gasteiger partial charge < -0.3 is 16.2 Å². The summed E-state index contributed by atoms with van der Waals surface area (Å²) in [7, 11) is 0. The van der Waals surface area contributed by atoms with E-state index in [9.17, 15) is 14.4 Å². The van der Waals surface area contributed by atoms with E-state index in [0.717, 1.165) is 0 Å². The Morgan fingerprint density at radius 2 is 2.00 bits per heavy atom. The van der Waals surface area contributed by atoms with Crippen LogP contribution in [0.25, 0.3) is 0 Å². The Bertz CT molecular complexity index is 554. The van der Waals surface area contributed by atoms with Gasteiger partial charge in [0.05, 0.1) is 17.5 Å². The average molecular weight is 293 g/mol. The van der Waals surface area contributed by atoms with Crippen LogP contribution in [0.1, 0.15) is 48.0 Å². The van der Waals surface area contributed by atoms with Gasteiger partial charge in [0.1, 0.15) is 5.69 Å². The van der Waals surface area contributed by atoms with Crippen molar-refractivity contribution in [3.63, 3.8) is 0 Å². The van der Waals surface area contributed by atoms with Crippen LogP contribution in [0.5, 0.6) is 0 Å². The number of hydrogen-bond donors (Lipinski definition) is 3. The number of carbonyl (C=O) groups is 3. The summed E-state index contributed by atoms with van der Waals surface area (Å²) in [6.07, 6.45) is 1.01. The molecule has 0 spiro atoms. The van der Waals surface area contributed by atoms with Crippen LogP contribution in [0, 0.1) is 5.92 Å². The zero-order valence-electron chi connectivity index (χ0n) is 12.2. The van der Waals surface area contributed by atoms with Gasteiger partial charge in [-0.3, -0.25) is 19.4 Å². The number of nitrogens with zero attached hydrogens (tertiary/aromatic N) is 1. The molecule has 1 unspecified atom stereocenters. The highest BCUT2D eigenvalue weighted by Crippen LogP contribution is 2.21. The summed E-state index contributed by atoms with van der Waals surface area (Å²) >= 11 is 0. The average Bonchev–Trinajstić information content (AvgIpc) is 2.37. The monoisotopic (exact) mass is 293 g/mol. The van der Waals surface area contributed by atoms with E-state index < -0.39 is 23.3 Å². The van der Waals surface area contributed by atoms with Crippen LogP contribution in [0.2, 0.25) is 0 Å². The highest BCUT2D eigenvalue weighted by atomic mass is 16.4. The number of aliphatic carboxylic acids is 1. The summed E-state index contributed by atoms with van der Waals surface area (Å²) < 4.78 is 0. The van der Waals surface area contributed by atoms with Crippen LogP contribution in [-0.2, 0) is 4.79 Å². The number of aromatic nitrogens is 1. The summed E-state index contributed by atoms with van der Waals surface area (Å²) in [4.78, 5) is 37.9. The molecule has 4 N–H and O–H groups in total. The number of hydrogen-bond acceptors (Lipinski definition) is 4. The second kappa shape index (κ2) is 6.34. The van der Waals surface area contributed by atoms with Gasteiger partial charge in [0, 0.05) is 6.20 Å². The molecule has 2 amide bonds. The van der Waals surface area contributed by atoms with Crippen LogP contribution >= 0.6 is 0 Å². The van der Waals surface area contributed by atoms with Gasteiger partial charge in [0.15, 0.2) is 0 Å². The highest BCUT2D eigenvalue weighted by Gasteiger charge is 2.33. The molecule has 1 heterocycles. The molecule has 21 heavy (non-hydrogen) atoms. The molecule has 114 valence electrons. The third kappa shape index (κ3) is 4.27. The summed E-state index contributed by atoms with van der Waals surface area (Å²) in [5.41, 5.74) is 4.49. The van der Waals surface area contributed by atoms with Gasteiger partial charge in [0.25, 0.3) is 5.91 Å². The molecule has 0 aromatic carbocycles.